The number of ether oxygens (including phenoxy) is 4. The number of benzene rings is 3. The highest BCUT2D eigenvalue weighted by Gasteiger charge is 2.42. The molecule has 48 heavy (non-hydrogen) atoms. The Bertz CT molecular complexity index is 1550. The van der Waals surface area contributed by atoms with Gasteiger partial charge in [-0.3, -0.25) is 9.69 Å². The molecule has 0 saturated carbocycles. The average Bonchev–Trinajstić information content (AvgIpc) is 3.55. The van der Waals surface area contributed by atoms with Crippen LogP contribution in [0.4, 0.5) is 4.79 Å². The summed E-state index contributed by atoms with van der Waals surface area (Å²) in [5, 5.41) is 12.4. The third-order valence-electron chi connectivity index (χ3n) is 8.77. The number of nitrogens with zero attached hydrogens (tertiary/aromatic N) is 1. The van der Waals surface area contributed by atoms with Crippen molar-refractivity contribution < 1.29 is 33.6 Å². The molecule has 0 aliphatic carbocycles. The number of aliphatic hydroxyl groups is 1. The normalized spacial score (nSPS) is 23.0. The van der Waals surface area contributed by atoms with E-state index in [1.165, 1.54) is 6.08 Å². The molecule has 0 radical (unpaired) electrons. The molecule has 2 heterocycles. The minimum Gasteiger partial charge on any atom is -0.459 e. The zero-order chi connectivity index (χ0) is 34.3. The maximum absolute atomic E-state index is 13.2. The molecule has 1 amide bonds. The van der Waals surface area contributed by atoms with Gasteiger partial charge in [0, 0.05) is 24.6 Å². The number of alkyl carbamates (subject to hydrolysis) is 1. The van der Waals surface area contributed by atoms with Crippen LogP contribution in [0.1, 0.15) is 75.2 Å². The zero-order valence-corrected chi connectivity index (χ0v) is 28.4. The second kappa shape index (κ2) is 15.9. The molecule has 5 unspecified atom stereocenters. The molecule has 2 aliphatic heterocycles. The number of aliphatic hydroxyl groups excluding tert-OH is 1. The van der Waals surface area contributed by atoms with Gasteiger partial charge in [0.2, 0.25) is 0 Å². The smallest absolute Gasteiger partial charge is 0.407 e. The molecule has 0 bridgehead atoms. The molecule has 5 rings (SSSR count). The van der Waals surface area contributed by atoms with Crippen LogP contribution in [0.15, 0.2) is 85.5 Å². The molecule has 0 spiro atoms. The first kappa shape index (κ1) is 35.3. The molecule has 9 nitrogen and oxygen atoms in total. The van der Waals surface area contributed by atoms with Gasteiger partial charge < -0.3 is 29.4 Å². The summed E-state index contributed by atoms with van der Waals surface area (Å²) in [6, 6.07) is 23.7. The molecular weight excluding hydrogens is 608 g/mol. The minimum atomic E-state index is -0.652. The van der Waals surface area contributed by atoms with Gasteiger partial charge in [0.15, 0.2) is 6.29 Å². The molecule has 256 valence electrons. The molecule has 3 aromatic rings. The standard InChI is InChI=1S/C39H48N2O7/c1-6-20-45-38(44)40-23-28-10-7-11-30(21-28)31-12-8-13-32(22-31)37-46-34(24-41-19-9-14-33(41)36(43)48-39(3,4)5)26(2)35(47-37)29-17-15-27(25-42)16-18-29/h6-8,10-13,15-18,21-22,26,33-35,37,42H,1,9,14,19-20,23-25H2,2-5H3,(H,40,44). The van der Waals surface area contributed by atoms with Gasteiger partial charge in [0.1, 0.15) is 18.2 Å². The van der Waals surface area contributed by atoms with Crippen LogP contribution < -0.4 is 5.32 Å². The van der Waals surface area contributed by atoms with Crippen LogP contribution >= 0.6 is 0 Å². The molecule has 2 N–H and O–H groups in total. The van der Waals surface area contributed by atoms with Crippen LogP contribution in [0, 0.1) is 5.92 Å². The summed E-state index contributed by atoms with van der Waals surface area (Å²) >= 11 is 0. The molecule has 0 aromatic heterocycles. The summed E-state index contributed by atoms with van der Waals surface area (Å²) in [7, 11) is 0. The SMILES string of the molecule is C=CCOC(=O)NCc1cccc(-c2cccc(C3OC(CN4CCCC4C(=O)OC(C)(C)C)C(C)C(c4ccc(CO)cc4)O3)c2)c1. The number of hydrogen-bond acceptors (Lipinski definition) is 8. The summed E-state index contributed by atoms with van der Waals surface area (Å²) in [5.41, 5.74) is 5.08. The van der Waals surface area contributed by atoms with Crippen molar-refractivity contribution in [3.63, 3.8) is 0 Å². The van der Waals surface area contributed by atoms with Crippen LogP contribution in [0.3, 0.4) is 0 Å². The summed E-state index contributed by atoms with van der Waals surface area (Å²) in [6.45, 7) is 13.2. The predicted octanol–water partition coefficient (Wildman–Crippen LogP) is 6.86. The first-order chi connectivity index (χ1) is 23.0. The fourth-order valence-electron chi connectivity index (χ4n) is 6.33. The average molecular weight is 657 g/mol. The molecule has 2 aliphatic rings. The Morgan fingerprint density at radius 2 is 1.73 bits per heavy atom. The Balaban J connectivity index is 1.38. The lowest BCUT2D eigenvalue weighted by molar-refractivity contribution is -0.276. The van der Waals surface area contributed by atoms with Gasteiger partial charge in [-0.15, -0.1) is 0 Å². The molecule has 5 atom stereocenters. The Hall–Kier alpha value is -4.02. The van der Waals surface area contributed by atoms with Crippen molar-refractivity contribution in [1.82, 2.24) is 10.2 Å². The predicted molar refractivity (Wildman–Crippen MR) is 184 cm³/mol. The van der Waals surface area contributed by atoms with E-state index in [0.717, 1.165) is 52.8 Å². The molecule has 3 aromatic carbocycles. The minimum absolute atomic E-state index is 0.0216. The number of carbonyl (C=O) groups is 2. The van der Waals surface area contributed by atoms with Crippen LogP contribution in [0.25, 0.3) is 11.1 Å². The van der Waals surface area contributed by atoms with Crippen LogP contribution in [-0.2, 0) is 36.9 Å². The van der Waals surface area contributed by atoms with Gasteiger partial charge in [0.25, 0.3) is 0 Å². The maximum Gasteiger partial charge on any atom is 0.407 e. The van der Waals surface area contributed by atoms with Crippen molar-refractivity contribution in [2.45, 2.75) is 83.8 Å². The number of likely N-dealkylation sites (tertiary alicyclic amines) is 1. The van der Waals surface area contributed by atoms with Crippen molar-refractivity contribution in [1.29, 1.82) is 0 Å². The van der Waals surface area contributed by atoms with Gasteiger partial charge in [-0.1, -0.05) is 80.2 Å². The number of nitrogens with one attached hydrogen (secondary N) is 1. The van der Waals surface area contributed by atoms with E-state index in [4.69, 9.17) is 18.9 Å². The molecule has 2 saturated heterocycles. The number of esters is 1. The third-order valence-corrected chi connectivity index (χ3v) is 8.77. The Morgan fingerprint density at radius 1 is 1.00 bits per heavy atom. The Labute approximate surface area is 283 Å². The fraction of sp³-hybridized carbons (Fsp3) is 0.436. The van der Waals surface area contributed by atoms with Crippen molar-refractivity contribution >= 4 is 12.1 Å². The highest BCUT2D eigenvalue weighted by Crippen LogP contribution is 2.43. The van der Waals surface area contributed by atoms with Gasteiger partial charge in [-0.25, -0.2) is 4.79 Å². The van der Waals surface area contributed by atoms with Gasteiger partial charge in [-0.2, -0.15) is 0 Å². The summed E-state index contributed by atoms with van der Waals surface area (Å²) < 4.78 is 24.3. The monoisotopic (exact) mass is 656 g/mol. The van der Waals surface area contributed by atoms with Gasteiger partial charge in [-0.05, 0) is 80.1 Å². The quantitative estimate of drug-likeness (QED) is 0.170. The van der Waals surface area contributed by atoms with Gasteiger partial charge >= 0.3 is 12.1 Å². The lowest BCUT2D eigenvalue weighted by atomic mass is 9.89. The topological polar surface area (TPSA) is 107 Å². The Kier molecular flexibility index (Phi) is 11.7. The second-order valence-corrected chi connectivity index (χ2v) is 13.6. The summed E-state index contributed by atoms with van der Waals surface area (Å²) in [4.78, 5) is 27.3. The van der Waals surface area contributed by atoms with Gasteiger partial charge in [0.05, 0.1) is 18.8 Å². The third kappa shape index (κ3) is 9.11. The first-order valence-corrected chi connectivity index (χ1v) is 16.7. The largest absolute Gasteiger partial charge is 0.459 e. The van der Waals surface area contributed by atoms with E-state index in [0.29, 0.717) is 13.1 Å². The molecule has 9 heteroatoms. The van der Waals surface area contributed by atoms with Crippen LogP contribution in [0.2, 0.25) is 0 Å². The highest BCUT2D eigenvalue weighted by atomic mass is 16.7. The maximum atomic E-state index is 13.2. The highest BCUT2D eigenvalue weighted by molar-refractivity contribution is 5.76. The van der Waals surface area contributed by atoms with E-state index >= 15 is 0 Å². The van der Waals surface area contributed by atoms with E-state index in [2.05, 4.69) is 29.8 Å². The van der Waals surface area contributed by atoms with E-state index < -0.39 is 18.0 Å². The molecular formula is C39H48N2O7. The molecule has 2 fully saturated rings. The van der Waals surface area contributed by atoms with Crippen LogP contribution in [-0.4, -0.2) is 59.5 Å². The van der Waals surface area contributed by atoms with E-state index in [1.807, 2.05) is 87.5 Å². The number of hydrogen-bond donors (Lipinski definition) is 2. The van der Waals surface area contributed by atoms with E-state index in [9.17, 15) is 14.7 Å². The number of carbonyl (C=O) groups excluding carboxylic acids is 2. The number of amides is 1. The summed E-state index contributed by atoms with van der Waals surface area (Å²) in [6.07, 6.45) is 1.55. The van der Waals surface area contributed by atoms with Crippen LogP contribution in [0.5, 0.6) is 0 Å². The zero-order valence-electron chi connectivity index (χ0n) is 28.4. The lowest BCUT2D eigenvalue weighted by Crippen LogP contribution is -2.48. The Morgan fingerprint density at radius 3 is 2.44 bits per heavy atom. The first-order valence-electron chi connectivity index (χ1n) is 16.7. The van der Waals surface area contributed by atoms with Crippen molar-refractivity contribution in [3.8, 4) is 11.1 Å². The van der Waals surface area contributed by atoms with E-state index in [1.54, 1.807) is 0 Å². The van der Waals surface area contributed by atoms with Crippen molar-refractivity contribution in [2.24, 2.45) is 5.92 Å². The fourth-order valence-corrected chi connectivity index (χ4v) is 6.33. The van der Waals surface area contributed by atoms with Crippen molar-refractivity contribution in [3.05, 3.63) is 108 Å². The summed E-state index contributed by atoms with van der Waals surface area (Å²) in [5.74, 6) is -0.210. The lowest BCUT2D eigenvalue weighted by Gasteiger charge is -2.43. The number of rotatable bonds is 11. The second-order valence-electron chi connectivity index (χ2n) is 13.6. The van der Waals surface area contributed by atoms with E-state index in [-0.39, 0.29) is 43.4 Å². The van der Waals surface area contributed by atoms with Crippen molar-refractivity contribution in [2.75, 3.05) is 19.7 Å².